The van der Waals surface area contributed by atoms with Crippen LogP contribution in [0.2, 0.25) is 0 Å². The van der Waals surface area contributed by atoms with Gasteiger partial charge in [-0.3, -0.25) is 4.79 Å². The first-order valence-electron chi connectivity index (χ1n) is 9.92. The highest BCUT2D eigenvalue weighted by Crippen LogP contribution is 2.35. The van der Waals surface area contributed by atoms with Crippen LogP contribution >= 0.6 is 67.8 Å². The van der Waals surface area contributed by atoms with Gasteiger partial charge in [-0.2, -0.15) is 0 Å². The molecule has 190 valence electrons. The lowest BCUT2D eigenvalue weighted by Gasteiger charge is -2.38. The molecule has 6 atom stereocenters. The molecule has 1 saturated heterocycles. The van der Waals surface area contributed by atoms with Crippen molar-refractivity contribution < 1.29 is 49.3 Å². The lowest BCUT2D eigenvalue weighted by molar-refractivity contribution is -0.286. The number of halogens is 3. The number of nitrogens with two attached hydrogens (primary N) is 1. The summed E-state index contributed by atoms with van der Waals surface area (Å²) in [7, 11) is 0. The van der Waals surface area contributed by atoms with Crippen molar-refractivity contribution >= 4 is 79.7 Å². The molecule has 1 aliphatic heterocycles. The highest BCUT2D eigenvalue weighted by Gasteiger charge is 2.48. The zero-order valence-electron chi connectivity index (χ0n) is 17.5. The van der Waals surface area contributed by atoms with E-state index in [-0.39, 0.29) is 12.2 Å². The Balaban J connectivity index is 1.68. The number of aliphatic carboxylic acids is 1. The highest BCUT2D eigenvalue weighted by atomic mass is 127. The van der Waals surface area contributed by atoms with E-state index in [0.717, 1.165) is 7.14 Å². The molecule has 0 spiro atoms. The van der Waals surface area contributed by atoms with Crippen molar-refractivity contribution in [2.24, 2.45) is 5.73 Å². The smallest absolute Gasteiger partial charge is 0.335 e. The summed E-state index contributed by atoms with van der Waals surface area (Å²) in [5, 5.41) is 48.4. The number of hydrogen-bond donors (Lipinski definition) is 6. The summed E-state index contributed by atoms with van der Waals surface area (Å²) in [4.78, 5) is 23.7. The maximum absolute atomic E-state index is 12.5. The summed E-state index contributed by atoms with van der Waals surface area (Å²) in [5.41, 5.74) is 6.64. The predicted molar refractivity (Wildman–Crippen MR) is 145 cm³/mol. The first-order chi connectivity index (χ1) is 16.4. The number of aromatic hydroxyl groups is 1. The molecule has 2 aromatic carbocycles. The van der Waals surface area contributed by atoms with Crippen LogP contribution in [0.4, 0.5) is 0 Å². The Morgan fingerprint density at radius 2 is 1.63 bits per heavy atom. The van der Waals surface area contributed by atoms with E-state index in [4.69, 9.17) is 25.1 Å². The van der Waals surface area contributed by atoms with Crippen molar-refractivity contribution in [2.45, 2.75) is 43.2 Å². The van der Waals surface area contributed by atoms with Crippen LogP contribution in [0.1, 0.15) is 5.56 Å². The summed E-state index contributed by atoms with van der Waals surface area (Å²) >= 11 is 6.15. The lowest BCUT2D eigenvalue weighted by atomic mass is 9.99. The Bertz CT molecular complexity index is 1090. The number of ether oxygens (including phenoxy) is 3. The van der Waals surface area contributed by atoms with Gasteiger partial charge in [-0.15, -0.1) is 0 Å². The molecule has 0 bridgehead atoms. The van der Waals surface area contributed by atoms with Gasteiger partial charge in [0.1, 0.15) is 35.9 Å². The zero-order chi connectivity index (χ0) is 26.0. The van der Waals surface area contributed by atoms with E-state index in [1.54, 1.807) is 24.3 Å². The number of benzene rings is 2. The number of hydrogen-bond acceptors (Lipinski definition) is 10. The van der Waals surface area contributed by atoms with E-state index in [1.165, 1.54) is 6.07 Å². The van der Waals surface area contributed by atoms with Gasteiger partial charge >= 0.3 is 11.9 Å². The van der Waals surface area contributed by atoms with Crippen LogP contribution < -0.4 is 10.5 Å². The van der Waals surface area contributed by atoms with Crippen LogP contribution in [0.15, 0.2) is 30.3 Å². The number of phenols is 1. The van der Waals surface area contributed by atoms with Gasteiger partial charge < -0.3 is 45.5 Å². The van der Waals surface area contributed by atoms with Gasteiger partial charge in [0.2, 0.25) is 6.29 Å². The molecule has 0 saturated carbocycles. The van der Waals surface area contributed by atoms with Crippen LogP contribution in [-0.2, 0) is 25.5 Å². The second-order valence-electron chi connectivity index (χ2n) is 7.59. The van der Waals surface area contributed by atoms with Crippen LogP contribution in [0.25, 0.3) is 0 Å². The monoisotopic (exact) mass is 827 g/mol. The van der Waals surface area contributed by atoms with E-state index < -0.39 is 48.7 Å². The summed E-state index contributed by atoms with van der Waals surface area (Å²) < 4.78 is 18.0. The number of carbonyl (C=O) groups is 2. The van der Waals surface area contributed by atoms with E-state index in [9.17, 15) is 30.0 Å². The Morgan fingerprint density at radius 1 is 1.00 bits per heavy atom. The molecule has 2 aromatic rings. The van der Waals surface area contributed by atoms with Gasteiger partial charge in [0.05, 0.1) is 10.7 Å². The third-order valence-electron chi connectivity index (χ3n) is 5.00. The number of carboxylic acid groups (broad SMARTS) is 1. The number of carbonyl (C=O) groups excluding carboxylic acids is 1. The van der Waals surface area contributed by atoms with E-state index >= 15 is 0 Å². The summed E-state index contributed by atoms with van der Waals surface area (Å²) in [5.74, 6) is -1.32. The first-order valence-corrected chi connectivity index (χ1v) is 13.2. The molecule has 14 heteroatoms. The van der Waals surface area contributed by atoms with E-state index in [2.05, 4.69) is 45.2 Å². The van der Waals surface area contributed by atoms with Gasteiger partial charge in [-0.25, -0.2) is 4.79 Å². The fourth-order valence-electron chi connectivity index (χ4n) is 3.19. The standard InChI is InChI=1S/C21H20I3NO10/c22-9-6-8(1-2-13(9)26)33-17-10(23)3-7(4-11(17)24)5-12(25)20(32)35-21-16(29)14(27)15(28)18(34-21)19(30)31/h1-4,6,12,14-16,18,21,26-29H,5,25H2,(H,30,31)/t12-,14-,15-,16+,18-,21-/m0/s1. The van der Waals surface area contributed by atoms with Crippen molar-refractivity contribution in [3.8, 4) is 17.2 Å². The maximum Gasteiger partial charge on any atom is 0.335 e. The number of aliphatic hydroxyl groups excluding tert-OH is 3. The third-order valence-corrected chi connectivity index (χ3v) is 7.47. The normalized spacial score (nSPS) is 25.1. The number of aliphatic hydroxyl groups is 3. The van der Waals surface area contributed by atoms with Gasteiger partial charge in [0.25, 0.3) is 0 Å². The molecular weight excluding hydrogens is 807 g/mol. The molecule has 0 amide bonds. The Morgan fingerprint density at radius 3 is 2.20 bits per heavy atom. The number of carboxylic acids is 1. The number of esters is 1. The average Bonchev–Trinajstić information content (AvgIpc) is 2.78. The minimum atomic E-state index is -1.90. The lowest BCUT2D eigenvalue weighted by Crippen LogP contribution is -2.61. The summed E-state index contributed by atoms with van der Waals surface area (Å²) in [6, 6.07) is 7.19. The Labute approximate surface area is 240 Å². The van der Waals surface area contributed by atoms with Crippen LogP contribution in [0, 0.1) is 10.7 Å². The minimum absolute atomic E-state index is 0.0403. The van der Waals surface area contributed by atoms with Crippen LogP contribution in [0.5, 0.6) is 17.2 Å². The topological polar surface area (TPSA) is 189 Å². The molecule has 1 fully saturated rings. The molecular formula is C21H20I3NO10. The molecule has 0 aliphatic carbocycles. The molecule has 1 heterocycles. The van der Waals surface area contributed by atoms with Crippen molar-refractivity contribution in [3.63, 3.8) is 0 Å². The van der Waals surface area contributed by atoms with Crippen LogP contribution in [-0.4, -0.2) is 74.2 Å². The Kier molecular flexibility index (Phi) is 9.79. The maximum atomic E-state index is 12.5. The number of rotatable bonds is 7. The molecule has 7 N–H and O–H groups in total. The highest BCUT2D eigenvalue weighted by molar-refractivity contribution is 14.1. The van der Waals surface area contributed by atoms with Crippen molar-refractivity contribution in [1.82, 2.24) is 0 Å². The second-order valence-corrected chi connectivity index (χ2v) is 11.1. The van der Waals surface area contributed by atoms with Crippen LogP contribution in [0.3, 0.4) is 0 Å². The van der Waals surface area contributed by atoms with Gasteiger partial charge in [0.15, 0.2) is 11.9 Å². The largest absolute Gasteiger partial charge is 0.507 e. The molecule has 0 radical (unpaired) electrons. The van der Waals surface area contributed by atoms with E-state index in [1.807, 2.05) is 22.6 Å². The number of phenolic OH excluding ortho intramolecular Hbond substituents is 1. The summed E-state index contributed by atoms with van der Waals surface area (Å²) in [6.07, 6.45) is -9.34. The minimum Gasteiger partial charge on any atom is -0.507 e. The predicted octanol–water partition coefficient (Wildman–Crippen LogP) is 1.30. The van der Waals surface area contributed by atoms with Gasteiger partial charge in [-0.05, 0) is 110 Å². The van der Waals surface area contributed by atoms with Crippen molar-refractivity contribution in [2.75, 3.05) is 0 Å². The average molecular weight is 827 g/mol. The fraction of sp³-hybridized carbons (Fsp3) is 0.333. The molecule has 1 aliphatic rings. The van der Waals surface area contributed by atoms with Gasteiger partial charge in [0, 0.05) is 0 Å². The fourth-order valence-corrected chi connectivity index (χ4v) is 5.79. The van der Waals surface area contributed by atoms with E-state index in [0.29, 0.717) is 20.6 Å². The summed E-state index contributed by atoms with van der Waals surface area (Å²) in [6.45, 7) is 0. The van der Waals surface area contributed by atoms with Gasteiger partial charge in [-0.1, -0.05) is 0 Å². The quantitative estimate of drug-likeness (QED) is 0.175. The molecule has 11 nitrogen and oxygen atoms in total. The Hall–Kier alpha value is -1.03. The second kappa shape index (κ2) is 12.0. The molecule has 0 unspecified atom stereocenters. The van der Waals surface area contributed by atoms with Crippen molar-refractivity contribution in [3.05, 3.63) is 46.6 Å². The molecule has 35 heavy (non-hydrogen) atoms. The SMILES string of the molecule is N[C@@H](Cc1cc(I)c(Oc2ccc(O)c(I)c2)c(I)c1)C(=O)O[C@@H]1O[C@H](C(=O)O)[C@@H](O)[C@H](O)[C@H]1O. The first kappa shape index (κ1) is 28.5. The molecule has 0 aromatic heterocycles. The zero-order valence-corrected chi connectivity index (χ0v) is 24.0. The third kappa shape index (κ3) is 6.84. The molecule has 3 rings (SSSR count). The van der Waals surface area contributed by atoms with Crippen molar-refractivity contribution in [1.29, 1.82) is 0 Å².